The number of H-pyrrole nitrogens is 1. The van der Waals surface area contributed by atoms with Crippen molar-refractivity contribution in [1.29, 1.82) is 0 Å². The Labute approximate surface area is 201 Å². The normalized spacial score (nSPS) is 34.4. The maximum absolute atomic E-state index is 12.1. The molecule has 16 heteroatoms. The van der Waals surface area contributed by atoms with Crippen LogP contribution in [0.15, 0.2) is 20.9 Å². The van der Waals surface area contributed by atoms with E-state index < -0.39 is 66.3 Å². The summed E-state index contributed by atoms with van der Waals surface area (Å²) in [4.78, 5) is 39.6. The molecule has 32 heavy (non-hydrogen) atoms. The van der Waals surface area contributed by atoms with Gasteiger partial charge < -0.3 is 39.4 Å². The van der Waals surface area contributed by atoms with Crippen molar-refractivity contribution in [2.45, 2.75) is 62.4 Å². The Bertz CT molecular complexity index is 994. The van der Waals surface area contributed by atoms with Crippen LogP contribution in [0.5, 0.6) is 0 Å². The summed E-state index contributed by atoms with van der Waals surface area (Å²) in [6, 6.07) is -0.817. The molecule has 2 fully saturated rings. The molecule has 2 aliphatic heterocycles. The first kappa shape index (κ1) is 26.5. The number of nitrogens with one attached hydrogen (secondary N) is 1. The molecule has 0 amide bonds. The number of rotatable bonds is 6. The van der Waals surface area contributed by atoms with Crippen LogP contribution in [0.1, 0.15) is 18.2 Å². The van der Waals surface area contributed by atoms with Gasteiger partial charge in [-0.1, -0.05) is 5.11 Å². The summed E-state index contributed by atoms with van der Waals surface area (Å²) in [5.74, 6) is -1.82. The Hall–Kier alpha value is -1.78. The van der Waals surface area contributed by atoms with Crippen LogP contribution in [0.2, 0.25) is 0 Å². The van der Waals surface area contributed by atoms with Crippen molar-refractivity contribution < 1.29 is 69.0 Å². The summed E-state index contributed by atoms with van der Waals surface area (Å²) >= 11 is 0. The van der Waals surface area contributed by atoms with E-state index in [1.165, 1.54) is 13.1 Å². The number of azide groups is 1. The van der Waals surface area contributed by atoms with Crippen molar-refractivity contribution in [2.75, 3.05) is 6.61 Å². The van der Waals surface area contributed by atoms with Crippen molar-refractivity contribution in [3.05, 3.63) is 43.0 Å². The average molecular weight is 465 g/mol. The fourth-order valence-electron chi connectivity index (χ4n) is 3.39. The number of aliphatic hydroxyl groups is 3. The number of carboxylic acids is 1. The zero-order valence-electron chi connectivity index (χ0n) is 17.1. The zero-order valence-corrected chi connectivity index (χ0v) is 19.1. The van der Waals surface area contributed by atoms with Gasteiger partial charge in [-0.2, -0.15) is 0 Å². The van der Waals surface area contributed by atoms with Crippen molar-refractivity contribution >= 4 is 5.97 Å². The molecule has 2 aliphatic rings. The second-order valence-corrected chi connectivity index (χ2v) is 7.17. The number of ether oxygens (including phenoxy) is 3. The van der Waals surface area contributed by atoms with Gasteiger partial charge in [-0.05, 0) is 12.5 Å². The third-order valence-electron chi connectivity index (χ3n) is 5.09. The van der Waals surface area contributed by atoms with E-state index in [1.807, 2.05) is 0 Å². The Morgan fingerprint density at radius 3 is 2.66 bits per heavy atom. The summed E-state index contributed by atoms with van der Waals surface area (Å²) in [6.07, 6.45) is -9.71. The molecule has 4 N–H and O–H groups in total. The second kappa shape index (κ2) is 10.9. The molecule has 2 saturated heterocycles. The smallest absolute Gasteiger partial charge is 0.547 e. The number of hydrogen-bond donors (Lipinski definition) is 4. The molecule has 3 rings (SSSR count). The molecule has 0 spiro atoms. The molecule has 0 saturated carbocycles. The largest absolute Gasteiger partial charge is 1.00 e. The topological polar surface area (TPSA) is 232 Å². The molecule has 0 aliphatic carbocycles. The molecular formula is C16H20N5NaO10. The summed E-state index contributed by atoms with van der Waals surface area (Å²) in [7, 11) is 0. The van der Waals surface area contributed by atoms with E-state index in [9.17, 15) is 34.8 Å². The van der Waals surface area contributed by atoms with Gasteiger partial charge in [0.25, 0.3) is 5.56 Å². The van der Waals surface area contributed by atoms with Crippen LogP contribution in [-0.4, -0.2) is 80.3 Å². The first-order valence-corrected chi connectivity index (χ1v) is 9.18. The molecule has 2 unspecified atom stereocenters. The number of carbonyl (C=O) groups excluding carboxylic acids is 1. The molecule has 8 atom stereocenters. The minimum absolute atomic E-state index is 0. The Kier molecular flexibility index (Phi) is 9.01. The van der Waals surface area contributed by atoms with Crippen molar-refractivity contribution in [1.82, 2.24) is 9.55 Å². The molecule has 170 valence electrons. The number of aliphatic hydroxyl groups excluding tert-OH is 3. The van der Waals surface area contributed by atoms with Crippen LogP contribution >= 0.6 is 0 Å². The predicted octanol–water partition coefficient (Wildman–Crippen LogP) is -6.61. The third-order valence-corrected chi connectivity index (χ3v) is 5.09. The SMILES string of the molecule is Cc1cn([C@H]2C[C@@H](N=[N+]=[N-])[C@@H](CO[C@@H]3OC(C(=O)[O-])[C@@H](O)[C@@H](O)C3O)O2)c(=O)[nH]c1=O.[Na+]. The molecule has 3 heterocycles. The first-order chi connectivity index (χ1) is 14.6. The van der Waals surface area contributed by atoms with Crippen molar-refractivity contribution in [3.8, 4) is 0 Å². The number of carboxylic acid groups (broad SMARTS) is 1. The molecule has 1 aromatic rings. The van der Waals surface area contributed by atoms with Crippen LogP contribution in [-0.2, 0) is 19.0 Å². The van der Waals surface area contributed by atoms with Gasteiger partial charge in [-0.15, -0.1) is 0 Å². The van der Waals surface area contributed by atoms with Gasteiger partial charge in [0.05, 0.1) is 24.7 Å². The molecule has 1 aromatic heterocycles. The minimum Gasteiger partial charge on any atom is -0.547 e. The number of aromatic amines is 1. The van der Waals surface area contributed by atoms with Gasteiger partial charge in [0, 0.05) is 23.1 Å². The van der Waals surface area contributed by atoms with Gasteiger partial charge in [-0.25, -0.2) is 4.79 Å². The average Bonchev–Trinajstić information content (AvgIpc) is 3.11. The van der Waals surface area contributed by atoms with Gasteiger partial charge in [0.15, 0.2) is 6.29 Å². The number of aryl methyl sites for hydroxylation is 1. The van der Waals surface area contributed by atoms with E-state index in [2.05, 4.69) is 15.0 Å². The summed E-state index contributed by atoms with van der Waals surface area (Å²) in [5.41, 5.74) is 7.76. The summed E-state index contributed by atoms with van der Waals surface area (Å²) in [6.45, 7) is 1.10. The van der Waals surface area contributed by atoms with Gasteiger partial charge in [0.1, 0.15) is 30.6 Å². The van der Waals surface area contributed by atoms with Crippen LogP contribution in [0.4, 0.5) is 0 Å². The van der Waals surface area contributed by atoms with E-state index in [0.29, 0.717) is 0 Å². The fourth-order valence-corrected chi connectivity index (χ4v) is 3.39. The number of aromatic nitrogens is 2. The second-order valence-electron chi connectivity index (χ2n) is 7.17. The van der Waals surface area contributed by atoms with Gasteiger partial charge >= 0.3 is 35.2 Å². The van der Waals surface area contributed by atoms with E-state index >= 15 is 0 Å². The molecule has 0 aromatic carbocycles. The maximum Gasteiger partial charge on any atom is 1.00 e. The van der Waals surface area contributed by atoms with Gasteiger partial charge in [-0.3, -0.25) is 14.3 Å². The predicted molar refractivity (Wildman–Crippen MR) is 95.2 cm³/mol. The van der Waals surface area contributed by atoms with Crippen LogP contribution < -0.4 is 45.9 Å². The Morgan fingerprint density at radius 2 is 2.03 bits per heavy atom. The standard InChI is InChI=1S/C16H21N5O10.Na/c1-5-3-21(16(28)18-13(5)25)8-2-6(19-20-17)7(30-8)4-29-15-11(24)9(22)10(23)12(31-15)14(26)27;/h3,6-12,15,22-24H,2,4H2,1H3,(H,26,27)(H,18,25,28);/q;+1/p-1/t6-,7-,8-,9-,10+,11?,12?,15-;/m1./s1. The first-order valence-electron chi connectivity index (χ1n) is 9.18. The molecule has 0 radical (unpaired) electrons. The number of hydrogen-bond acceptors (Lipinski definition) is 11. The molecule has 0 bridgehead atoms. The Morgan fingerprint density at radius 1 is 1.34 bits per heavy atom. The monoisotopic (exact) mass is 465 g/mol. The van der Waals surface area contributed by atoms with E-state index in [0.717, 1.165) is 4.57 Å². The Balaban J connectivity index is 0.00000363. The summed E-state index contributed by atoms with van der Waals surface area (Å²) < 4.78 is 17.1. The van der Waals surface area contributed by atoms with Gasteiger partial charge in [0.2, 0.25) is 0 Å². The fraction of sp³-hybridized carbons (Fsp3) is 0.688. The van der Waals surface area contributed by atoms with Crippen LogP contribution in [0, 0.1) is 6.92 Å². The van der Waals surface area contributed by atoms with E-state index in [1.54, 1.807) is 0 Å². The van der Waals surface area contributed by atoms with E-state index in [-0.39, 0.29) is 48.1 Å². The van der Waals surface area contributed by atoms with Crippen LogP contribution in [0.3, 0.4) is 0 Å². The third kappa shape index (κ3) is 5.40. The zero-order chi connectivity index (χ0) is 22.9. The number of aliphatic carboxylic acids is 1. The molecular weight excluding hydrogens is 445 g/mol. The van der Waals surface area contributed by atoms with Crippen molar-refractivity contribution in [2.24, 2.45) is 5.11 Å². The van der Waals surface area contributed by atoms with Crippen molar-refractivity contribution in [3.63, 3.8) is 0 Å². The molecule has 15 nitrogen and oxygen atoms in total. The minimum atomic E-state index is -1.95. The quantitative estimate of drug-likeness (QED) is 0.134. The van der Waals surface area contributed by atoms with E-state index in [4.69, 9.17) is 19.7 Å². The number of nitrogens with zero attached hydrogens (tertiary/aromatic N) is 4. The summed E-state index contributed by atoms with van der Waals surface area (Å²) in [5, 5.41) is 44.1. The maximum atomic E-state index is 12.1. The van der Waals surface area contributed by atoms with Crippen LogP contribution in [0.25, 0.3) is 10.4 Å². The number of carbonyl (C=O) groups is 1.